The van der Waals surface area contributed by atoms with Gasteiger partial charge in [-0.3, -0.25) is 4.79 Å². The number of amides is 1. The first kappa shape index (κ1) is 15.8. The van der Waals surface area contributed by atoms with Crippen molar-refractivity contribution in [1.29, 1.82) is 0 Å². The lowest BCUT2D eigenvalue weighted by molar-refractivity contribution is -0.129. The minimum atomic E-state index is 0.287. The van der Waals surface area contributed by atoms with Crippen LogP contribution in [0.3, 0.4) is 0 Å². The van der Waals surface area contributed by atoms with E-state index in [1.165, 1.54) is 0 Å². The van der Waals surface area contributed by atoms with Crippen molar-refractivity contribution in [3.8, 4) is 0 Å². The number of carbonyl (C=O) groups is 1. The van der Waals surface area contributed by atoms with Crippen molar-refractivity contribution < 1.29 is 4.79 Å². The van der Waals surface area contributed by atoms with Crippen LogP contribution in [-0.4, -0.2) is 35.9 Å². The summed E-state index contributed by atoms with van der Waals surface area (Å²) < 4.78 is 0. The molecule has 2 nitrogen and oxygen atoms in total. The molecule has 0 spiro atoms. The summed E-state index contributed by atoms with van der Waals surface area (Å²) in [5.74, 6) is 2.36. The first-order valence-corrected chi connectivity index (χ1v) is 7.34. The lowest BCUT2D eigenvalue weighted by atomic mass is 10.0. The van der Waals surface area contributed by atoms with Gasteiger partial charge in [0, 0.05) is 25.8 Å². The molecule has 0 aromatic heterocycles. The van der Waals surface area contributed by atoms with Crippen molar-refractivity contribution >= 4 is 17.7 Å². The van der Waals surface area contributed by atoms with Gasteiger partial charge in [0.15, 0.2) is 0 Å². The molecule has 0 radical (unpaired) electrons. The molecular weight excluding hydrogens is 218 g/mol. The van der Waals surface area contributed by atoms with E-state index in [-0.39, 0.29) is 5.91 Å². The monoisotopic (exact) mass is 245 g/mol. The maximum absolute atomic E-state index is 11.7. The Balaban J connectivity index is 3.57. The zero-order valence-electron chi connectivity index (χ0n) is 11.5. The lowest BCUT2D eigenvalue weighted by Gasteiger charge is -2.19. The topological polar surface area (TPSA) is 20.3 Å². The molecule has 0 aliphatic carbocycles. The molecule has 1 amide bonds. The van der Waals surface area contributed by atoms with Crippen LogP contribution in [0.4, 0.5) is 0 Å². The summed E-state index contributed by atoms with van der Waals surface area (Å²) in [4.78, 5) is 13.5. The first-order chi connectivity index (χ1) is 7.37. The highest BCUT2D eigenvalue weighted by Gasteiger charge is 2.11. The van der Waals surface area contributed by atoms with E-state index in [1.54, 1.807) is 0 Å². The van der Waals surface area contributed by atoms with E-state index in [2.05, 4.69) is 27.7 Å². The third-order valence-corrected chi connectivity index (χ3v) is 3.83. The van der Waals surface area contributed by atoms with E-state index in [4.69, 9.17) is 0 Å². The first-order valence-electron chi connectivity index (χ1n) is 6.18. The molecule has 16 heavy (non-hydrogen) atoms. The van der Waals surface area contributed by atoms with Crippen LogP contribution in [0.15, 0.2) is 0 Å². The molecule has 0 N–H and O–H groups in total. The molecule has 0 aliphatic heterocycles. The number of carbonyl (C=O) groups excluding carboxylic acids is 1. The number of thioether (sulfide) groups is 1. The summed E-state index contributed by atoms with van der Waals surface area (Å²) in [6.45, 7) is 9.75. The SMILES string of the molecule is CCCCN(C)C(=O)CCSCC(C)(C)C. The third kappa shape index (κ3) is 9.08. The Morgan fingerprint density at radius 1 is 1.31 bits per heavy atom. The summed E-state index contributed by atoms with van der Waals surface area (Å²) >= 11 is 1.88. The molecule has 0 aliphatic rings. The fraction of sp³-hybridized carbons (Fsp3) is 0.923. The molecule has 0 fully saturated rings. The number of unbranched alkanes of at least 4 members (excludes halogenated alkanes) is 1. The summed E-state index contributed by atoms with van der Waals surface area (Å²) in [5, 5.41) is 0. The van der Waals surface area contributed by atoms with E-state index in [0.717, 1.165) is 30.9 Å². The van der Waals surface area contributed by atoms with Crippen LogP contribution in [0.2, 0.25) is 0 Å². The summed E-state index contributed by atoms with van der Waals surface area (Å²) in [6, 6.07) is 0. The van der Waals surface area contributed by atoms with Crippen molar-refractivity contribution in [2.45, 2.75) is 47.0 Å². The standard InChI is InChI=1S/C13H27NOS/c1-6-7-9-14(5)12(15)8-10-16-11-13(2,3)4/h6-11H2,1-5H3. The maximum atomic E-state index is 11.7. The third-order valence-electron chi connectivity index (χ3n) is 2.27. The second-order valence-electron chi connectivity index (χ2n) is 5.53. The van der Waals surface area contributed by atoms with E-state index in [0.29, 0.717) is 11.8 Å². The predicted octanol–water partition coefficient (Wildman–Crippen LogP) is 3.41. The van der Waals surface area contributed by atoms with Crippen molar-refractivity contribution in [3.63, 3.8) is 0 Å². The van der Waals surface area contributed by atoms with E-state index < -0.39 is 0 Å². The molecular formula is C13H27NOS. The van der Waals surface area contributed by atoms with Crippen molar-refractivity contribution in [3.05, 3.63) is 0 Å². The zero-order valence-corrected chi connectivity index (χ0v) is 12.3. The van der Waals surface area contributed by atoms with Crippen LogP contribution < -0.4 is 0 Å². The zero-order chi connectivity index (χ0) is 12.6. The van der Waals surface area contributed by atoms with Gasteiger partial charge in [-0.25, -0.2) is 0 Å². The van der Waals surface area contributed by atoms with Gasteiger partial charge in [0.2, 0.25) is 5.91 Å². The van der Waals surface area contributed by atoms with Crippen molar-refractivity contribution in [1.82, 2.24) is 4.90 Å². The Kier molecular flexibility index (Phi) is 7.90. The Hall–Kier alpha value is -0.180. The molecule has 0 bridgehead atoms. The highest BCUT2D eigenvalue weighted by atomic mass is 32.2. The minimum Gasteiger partial charge on any atom is -0.346 e. The smallest absolute Gasteiger partial charge is 0.223 e. The van der Waals surface area contributed by atoms with Gasteiger partial charge < -0.3 is 4.90 Å². The quantitative estimate of drug-likeness (QED) is 0.641. The fourth-order valence-electron chi connectivity index (χ4n) is 1.25. The van der Waals surface area contributed by atoms with E-state index in [9.17, 15) is 4.79 Å². The van der Waals surface area contributed by atoms with Gasteiger partial charge in [0.05, 0.1) is 0 Å². The maximum Gasteiger partial charge on any atom is 0.223 e. The van der Waals surface area contributed by atoms with Gasteiger partial charge >= 0.3 is 0 Å². The second-order valence-corrected chi connectivity index (χ2v) is 6.64. The molecule has 96 valence electrons. The summed E-state index contributed by atoms with van der Waals surface area (Å²) in [7, 11) is 1.91. The Bertz CT molecular complexity index is 199. The van der Waals surface area contributed by atoms with Crippen molar-refractivity contribution in [2.75, 3.05) is 25.1 Å². The second kappa shape index (κ2) is 7.99. The van der Waals surface area contributed by atoms with Crippen molar-refractivity contribution in [2.24, 2.45) is 5.41 Å². The fourth-order valence-corrected chi connectivity index (χ4v) is 2.32. The predicted molar refractivity (Wildman–Crippen MR) is 73.9 cm³/mol. The Morgan fingerprint density at radius 2 is 1.94 bits per heavy atom. The summed E-state index contributed by atoms with van der Waals surface area (Å²) in [5.41, 5.74) is 0.363. The lowest BCUT2D eigenvalue weighted by Crippen LogP contribution is -2.28. The van der Waals surface area contributed by atoms with Crippen LogP contribution in [-0.2, 0) is 4.79 Å². The van der Waals surface area contributed by atoms with Gasteiger partial charge in [-0.05, 0) is 17.6 Å². The molecule has 3 heteroatoms. The van der Waals surface area contributed by atoms with Crippen LogP contribution in [0.1, 0.15) is 47.0 Å². The number of hydrogen-bond donors (Lipinski definition) is 0. The molecule has 0 aromatic rings. The summed E-state index contributed by atoms with van der Waals surface area (Å²) in [6.07, 6.45) is 2.94. The number of hydrogen-bond acceptors (Lipinski definition) is 2. The largest absolute Gasteiger partial charge is 0.346 e. The normalized spacial score (nSPS) is 11.6. The van der Waals surface area contributed by atoms with Gasteiger partial charge in [-0.1, -0.05) is 34.1 Å². The molecule has 0 saturated carbocycles. The minimum absolute atomic E-state index is 0.287. The molecule has 0 saturated heterocycles. The van der Waals surface area contributed by atoms with Gasteiger partial charge in [0.25, 0.3) is 0 Å². The molecule has 0 heterocycles. The Morgan fingerprint density at radius 3 is 2.44 bits per heavy atom. The molecule has 0 atom stereocenters. The van der Waals surface area contributed by atoms with E-state index >= 15 is 0 Å². The van der Waals surface area contributed by atoms with Gasteiger partial charge in [-0.2, -0.15) is 11.8 Å². The van der Waals surface area contributed by atoms with Crippen LogP contribution in [0, 0.1) is 5.41 Å². The van der Waals surface area contributed by atoms with Crippen LogP contribution in [0.5, 0.6) is 0 Å². The molecule has 0 unspecified atom stereocenters. The molecule has 0 rings (SSSR count). The highest BCUT2D eigenvalue weighted by molar-refractivity contribution is 7.99. The molecule has 0 aromatic carbocycles. The average Bonchev–Trinajstić information content (AvgIpc) is 2.19. The Labute approximate surface area is 105 Å². The highest BCUT2D eigenvalue weighted by Crippen LogP contribution is 2.20. The number of rotatable bonds is 7. The number of nitrogens with zero attached hydrogens (tertiary/aromatic N) is 1. The van der Waals surface area contributed by atoms with Crippen LogP contribution in [0.25, 0.3) is 0 Å². The van der Waals surface area contributed by atoms with Crippen LogP contribution >= 0.6 is 11.8 Å². The van der Waals surface area contributed by atoms with E-state index in [1.807, 2.05) is 23.7 Å². The van der Waals surface area contributed by atoms with Gasteiger partial charge in [-0.15, -0.1) is 0 Å². The average molecular weight is 245 g/mol. The van der Waals surface area contributed by atoms with Gasteiger partial charge in [0.1, 0.15) is 0 Å².